The molecule has 0 saturated carbocycles. The molecule has 8 nitrogen and oxygen atoms in total. The third kappa shape index (κ3) is 6.12. The van der Waals surface area contributed by atoms with Crippen molar-refractivity contribution in [3.05, 3.63) is 82.9 Å². The van der Waals surface area contributed by atoms with E-state index in [0.717, 1.165) is 17.4 Å². The van der Waals surface area contributed by atoms with Crippen LogP contribution in [0.2, 0.25) is 5.02 Å². The summed E-state index contributed by atoms with van der Waals surface area (Å²) < 4.78 is 42.1. The van der Waals surface area contributed by atoms with Gasteiger partial charge in [0.05, 0.1) is 18.5 Å². The Morgan fingerprint density at radius 1 is 1.00 bits per heavy atom. The van der Waals surface area contributed by atoms with E-state index < -0.39 is 10.0 Å². The first-order valence-corrected chi connectivity index (χ1v) is 12.6. The molecule has 3 aromatic rings. The van der Waals surface area contributed by atoms with E-state index in [4.69, 9.17) is 25.8 Å². The molecule has 4 rings (SSSR count). The maximum atomic E-state index is 12.4. The number of nitrogens with zero attached hydrogens (tertiary/aromatic N) is 1. The van der Waals surface area contributed by atoms with Gasteiger partial charge in [-0.05, 0) is 59.7 Å². The molecule has 1 N–H and O–H groups in total. The number of benzene rings is 3. The topological polar surface area (TPSA) is 94.2 Å². The normalized spacial score (nSPS) is 12.3. The molecular formula is C24H23ClN2O6S. The molecular weight excluding hydrogens is 480 g/mol. The number of carbonyl (C=O) groups is 1. The standard InChI is InChI=1S/C24H23ClN2O6S/c1-34(29,30)27(14-17-2-5-19(25)6-3-17)20-7-9-21(10-8-20)31-15-24(28)26-13-18-4-11-22-23(12-18)33-16-32-22/h2-12H,13-16H2,1H3,(H,26,28). The van der Waals surface area contributed by atoms with Crippen LogP contribution in [0.25, 0.3) is 0 Å². The van der Waals surface area contributed by atoms with E-state index in [1.54, 1.807) is 54.6 Å². The van der Waals surface area contributed by atoms with Crippen molar-refractivity contribution in [1.29, 1.82) is 0 Å². The first-order valence-electron chi connectivity index (χ1n) is 10.4. The van der Waals surface area contributed by atoms with E-state index in [2.05, 4.69) is 5.32 Å². The number of rotatable bonds is 9. The van der Waals surface area contributed by atoms with E-state index in [1.807, 2.05) is 12.1 Å². The molecule has 0 bridgehead atoms. The van der Waals surface area contributed by atoms with Crippen LogP contribution in [-0.4, -0.2) is 34.0 Å². The average molecular weight is 503 g/mol. The van der Waals surface area contributed by atoms with E-state index >= 15 is 0 Å². The maximum Gasteiger partial charge on any atom is 0.258 e. The van der Waals surface area contributed by atoms with Crippen molar-refractivity contribution in [3.8, 4) is 17.2 Å². The molecule has 178 valence electrons. The number of sulfonamides is 1. The SMILES string of the molecule is CS(=O)(=O)N(Cc1ccc(Cl)cc1)c1ccc(OCC(=O)NCc2ccc3c(c2)OCO3)cc1. The molecule has 0 unspecified atom stereocenters. The summed E-state index contributed by atoms with van der Waals surface area (Å²) in [5.74, 6) is 1.50. The highest BCUT2D eigenvalue weighted by Crippen LogP contribution is 2.32. The first kappa shape index (κ1) is 23.7. The van der Waals surface area contributed by atoms with Gasteiger partial charge in [0, 0.05) is 11.6 Å². The summed E-state index contributed by atoms with van der Waals surface area (Å²) in [5, 5.41) is 3.36. The van der Waals surface area contributed by atoms with Crippen LogP contribution >= 0.6 is 11.6 Å². The van der Waals surface area contributed by atoms with Gasteiger partial charge in [0.1, 0.15) is 5.75 Å². The molecule has 1 aliphatic heterocycles. The van der Waals surface area contributed by atoms with Gasteiger partial charge in [-0.25, -0.2) is 8.42 Å². The zero-order valence-corrected chi connectivity index (χ0v) is 19.9. The first-order chi connectivity index (χ1) is 16.3. The van der Waals surface area contributed by atoms with Crippen LogP contribution in [0.4, 0.5) is 5.69 Å². The van der Waals surface area contributed by atoms with Crippen molar-refractivity contribution < 1.29 is 27.4 Å². The Morgan fingerprint density at radius 2 is 1.68 bits per heavy atom. The van der Waals surface area contributed by atoms with Crippen molar-refractivity contribution in [3.63, 3.8) is 0 Å². The summed E-state index contributed by atoms with van der Waals surface area (Å²) >= 11 is 5.91. The quantitative estimate of drug-likeness (QED) is 0.479. The molecule has 0 saturated heterocycles. The van der Waals surface area contributed by atoms with Gasteiger partial charge in [-0.15, -0.1) is 0 Å². The van der Waals surface area contributed by atoms with Crippen LogP contribution in [0, 0.1) is 0 Å². The second-order valence-electron chi connectivity index (χ2n) is 7.64. The minimum Gasteiger partial charge on any atom is -0.484 e. The molecule has 1 aliphatic rings. The Labute approximate surface area is 203 Å². The van der Waals surface area contributed by atoms with E-state index in [1.165, 1.54) is 4.31 Å². The fourth-order valence-corrected chi connectivity index (χ4v) is 4.33. The lowest BCUT2D eigenvalue weighted by Gasteiger charge is -2.23. The summed E-state index contributed by atoms with van der Waals surface area (Å²) in [4.78, 5) is 12.2. The lowest BCUT2D eigenvalue weighted by molar-refractivity contribution is -0.123. The fourth-order valence-electron chi connectivity index (χ4n) is 3.32. The lowest BCUT2D eigenvalue weighted by Crippen LogP contribution is -2.29. The largest absolute Gasteiger partial charge is 0.484 e. The number of amides is 1. The van der Waals surface area contributed by atoms with Crippen LogP contribution < -0.4 is 23.8 Å². The smallest absolute Gasteiger partial charge is 0.258 e. The van der Waals surface area contributed by atoms with Gasteiger partial charge in [0.2, 0.25) is 16.8 Å². The zero-order valence-electron chi connectivity index (χ0n) is 18.4. The minimum atomic E-state index is -3.52. The van der Waals surface area contributed by atoms with Gasteiger partial charge < -0.3 is 19.5 Å². The number of nitrogens with one attached hydrogen (secondary N) is 1. The van der Waals surface area contributed by atoms with E-state index in [9.17, 15) is 13.2 Å². The van der Waals surface area contributed by atoms with E-state index in [-0.39, 0.29) is 25.9 Å². The summed E-state index contributed by atoms with van der Waals surface area (Å²) in [5.41, 5.74) is 2.16. The highest BCUT2D eigenvalue weighted by atomic mass is 35.5. The molecule has 0 aliphatic carbocycles. The molecule has 0 atom stereocenters. The van der Waals surface area contributed by atoms with Crippen LogP contribution in [-0.2, 0) is 27.9 Å². The third-order valence-electron chi connectivity index (χ3n) is 5.06. The molecule has 0 spiro atoms. The molecule has 0 fully saturated rings. The van der Waals surface area contributed by atoms with Gasteiger partial charge in [-0.3, -0.25) is 9.10 Å². The lowest BCUT2D eigenvalue weighted by atomic mass is 10.2. The second-order valence-corrected chi connectivity index (χ2v) is 9.99. The highest BCUT2D eigenvalue weighted by Gasteiger charge is 2.18. The number of carbonyl (C=O) groups excluding carboxylic acids is 1. The Morgan fingerprint density at radius 3 is 2.38 bits per heavy atom. The van der Waals surface area contributed by atoms with Crippen molar-refractivity contribution >= 4 is 33.2 Å². The van der Waals surface area contributed by atoms with Crippen LogP contribution in [0.5, 0.6) is 17.2 Å². The monoisotopic (exact) mass is 502 g/mol. The molecule has 3 aromatic carbocycles. The summed E-state index contributed by atoms with van der Waals surface area (Å²) in [6.07, 6.45) is 1.15. The Balaban J connectivity index is 1.32. The van der Waals surface area contributed by atoms with E-state index in [0.29, 0.717) is 34.5 Å². The summed E-state index contributed by atoms with van der Waals surface area (Å²) in [6, 6.07) is 19.0. The van der Waals surface area contributed by atoms with Gasteiger partial charge in [0.25, 0.3) is 5.91 Å². The number of fused-ring (bicyclic) bond motifs is 1. The molecule has 34 heavy (non-hydrogen) atoms. The zero-order chi connectivity index (χ0) is 24.1. The number of ether oxygens (including phenoxy) is 3. The predicted molar refractivity (Wildman–Crippen MR) is 129 cm³/mol. The summed E-state index contributed by atoms with van der Waals surface area (Å²) in [7, 11) is -3.52. The van der Waals surface area contributed by atoms with Crippen molar-refractivity contribution in [1.82, 2.24) is 5.32 Å². The molecule has 1 amide bonds. The molecule has 1 heterocycles. The summed E-state index contributed by atoms with van der Waals surface area (Å²) in [6.45, 7) is 0.509. The fraction of sp³-hybridized carbons (Fsp3) is 0.208. The number of hydrogen-bond donors (Lipinski definition) is 1. The Kier molecular flexibility index (Phi) is 7.14. The van der Waals surface area contributed by atoms with Gasteiger partial charge in [0.15, 0.2) is 18.1 Å². The average Bonchev–Trinajstić information content (AvgIpc) is 3.29. The Hall–Kier alpha value is -3.43. The van der Waals surface area contributed by atoms with Gasteiger partial charge in [-0.1, -0.05) is 29.8 Å². The molecule has 0 radical (unpaired) electrons. The van der Waals surface area contributed by atoms with Crippen LogP contribution in [0.3, 0.4) is 0 Å². The van der Waals surface area contributed by atoms with Crippen molar-refractivity contribution in [2.75, 3.05) is 24.0 Å². The van der Waals surface area contributed by atoms with Crippen LogP contribution in [0.15, 0.2) is 66.7 Å². The second kappa shape index (κ2) is 10.2. The van der Waals surface area contributed by atoms with Gasteiger partial charge in [-0.2, -0.15) is 0 Å². The van der Waals surface area contributed by atoms with Crippen LogP contribution in [0.1, 0.15) is 11.1 Å². The Bertz CT molecular complexity index is 1260. The minimum absolute atomic E-state index is 0.165. The number of halogens is 1. The maximum absolute atomic E-state index is 12.4. The van der Waals surface area contributed by atoms with Crippen molar-refractivity contribution in [2.45, 2.75) is 13.1 Å². The number of anilines is 1. The highest BCUT2D eigenvalue weighted by molar-refractivity contribution is 7.92. The molecule has 0 aromatic heterocycles. The predicted octanol–water partition coefficient (Wildman–Crippen LogP) is 3.73. The van der Waals surface area contributed by atoms with Crippen molar-refractivity contribution in [2.24, 2.45) is 0 Å². The number of hydrogen-bond acceptors (Lipinski definition) is 6. The third-order valence-corrected chi connectivity index (χ3v) is 6.45. The van der Waals surface area contributed by atoms with Gasteiger partial charge >= 0.3 is 0 Å². The molecule has 10 heteroatoms.